The number of rotatable bonds is 4. The summed E-state index contributed by atoms with van der Waals surface area (Å²) in [6, 6.07) is 13.2. The smallest absolute Gasteiger partial charge is 0.264 e. The van der Waals surface area contributed by atoms with Crippen molar-refractivity contribution in [3.8, 4) is 11.8 Å². The molecule has 23 heavy (non-hydrogen) atoms. The second-order valence-electron chi connectivity index (χ2n) is 4.57. The van der Waals surface area contributed by atoms with Gasteiger partial charge < -0.3 is 4.74 Å². The number of nitrogens with one attached hydrogen (secondary N) is 1. The van der Waals surface area contributed by atoms with E-state index in [0.717, 1.165) is 4.70 Å². The van der Waals surface area contributed by atoms with Crippen molar-refractivity contribution in [2.24, 2.45) is 0 Å². The summed E-state index contributed by atoms with van der Waals surface area (Å²) in [4.78, 5) is 4.17. The van der Waals surface area contributed by atoms with E-state index in [2.05, 4.69) is 9.71 Å². The third-order valence-corrected chi connectivity index (χ3v) is 5.57. The number of anilines is 1. The SMILES string of the molecule is COc1ccc2nc(NS(=O)(=O)c3ccccc3C#N)sc2c1. The first-order chi connectivity index (χ1) is 11.0. The molecule has 8 heteroatoms. The summed E-state index contributed by atoms with van der Waals surface area (Å²) >= 11 is 1.20. The minimum Gasteiger partial charge on any atom is -0.497 e. The fourth-order valence-electron chi connectivity index (χ4n) is 2.04. The molecule has 0 saturated carbocycles. The van der Waals surface area contributed by atoms with Crippen LogP contribution in [-0.4, -0.2) is 20.5 Å². The Morgan fingerprint density at radius 1 is 1.26 bits per heavy atom. The Balaban J connectivity index is 1.99. The molecule has 0 atom stereocenters. The molecule has 3 aromatic rings. The third kappa shape index (κ3) is 2.97. The highest BCUT2D eigenvalue weighted by Gasteiger charge is 2.20. The van der Waals surface area contributed by atoms with E-state index >= 15 is 0 Å². The number of benzene rings is 2. The van der Waals surface area contributed by atoms with Crippen LogP contribution in [0.1, 0.15) is 5.56 Å². The maximum Gasteiger partial charge on any atom is 0.264 e. The first kappa shape index (κ1) is 15.3. The molecular weight excluding hydrogens is 334 g/mol. The second-order valence-corrected chi connectivity index (χ2v) is 7.25. The molecule has 0 saturated heterocycles. The second kappa shape index (κ2) is 5.87. The van der Waals surface area contributed by atoms with Crippen molar-refractivity contribution < 1.29 is 13.2 Å². The molecule has 0 aliphatic carbocycles. The minimum atomic E-state index is -3.88. The first-order valence-corrected chi connectivity index (χ1v) is 8.80. The summed E-state index contributed by atoms with van der Waals surface area (Å²) in [6.07, 6.45) is 0. The first-order valence-electron chi connectivity index (χ1n) is 6.50. The summed E-state index contributed by atoms with van der Waals surface area (Å²) in [5.41, 5.74) is 0.754. The van der Waals surface area contributed by atoms with Gasteiger partial charge in [-0.15, -0.1) is 0 Å². The van der Waals surface area contributed by atoms with Crippen LogP contribution in [0.25, 0.3) is 10.2 Å². The van der Waals surface area contributed by atoms with E-state index in [1.807, 2.05) is 6.07 Å². The van der Waals surface area contributed by atoms with Crippen LogP contribution in [-0.2, 0) is 10.0 Å². The van der Waals surface area contributed by atoms with Gasteiger partial charge in [-0.2, -0.15) is 5.26 Å². The standard InChI is InChI=1S/C15H11N3O3S2/c1-21-11-6-7-12-13(8-11)22-15(17-12)18-23(19,20)14-5-3-2-4-10(14)9-16/h2-8H,1H3,(H,17,18). The van der Waals surface area contributed by atoms with Crippen molar-refractivity contribution in [1.29, 1.82) is 5.26 Å². The van der Waals surface area contributed by atoms with E-state index in [9.17, 15) is 8.42 Å². The van der Waals surface area contributed by atoms with Crippen LogP contribution in [0.5, 0.6) is 5.75 Å². The Morgan fingerprint density at radius 2 is 2.04 bits per heavy atom. The zero-order valence-corrected chi connectivity index (χ0v) is 13.6. The quantitative estimate of drug-likeness (QED) is 0.785. The maximum atomic E-state index is 12.5. The predicted octanol–water partition coefficient (Wildman–Crippen LogP) is 2.98. The Hall–Kier alpha value is -2.63. The largest absolute Gasteiger partial charge is 0.497 e. The van der Waals surface area contributed by atoms with E-state index in [4.69, 9.17) is 10.00 Å². The van der Waals surface area contributed by atoms with E-state index < -0.39 is 10.0 Å². The van der Waals surface area contributed by atoms with Crippen LogP contribution in [0.2, 0.25) is 0 Å². The molecule has 3 rings (SSSR count). The van der Waals surface area contributed by atoms with Crippen molar-refractivity contribution in [3.63, 3.8) is 0 Å². The number of nitriles is 1. The number of sulfonamides is 1. The summed E-state index contributed by atoms with van der Waals surface area (Å²) in [6.45, 7) is 0. The van der Waals surface area contributed by atoms with Crippen LogP contribution in [0.15, 0.2) is 47.4 Å². The summed E-state index contributed by atoms with van der Waals surface area (Å²) in [5, 5.41) is 9.29. The van der Waals surface area contributed by atoms with Gasteiger partial charge in [0.15, 0.2) is 5.13 Å². The highest BCUT2D eigenvalue weighted by atomic mass is 32.2. The number of nitrogens with zero attached hydrogens (tertiary/aromatic N) is 2. The monoisotopic (exact) mass is 345 g/mol. The summed E-state index contributed by atoms with van der Waals surface area (Å²) in [5.74, 6) is 0.672. The van der Waals surface area contributed by atoms with Gasteiger partial charge in [-0.3, -0.25) is 4.72 Å². The molecule has 0 bridgehead atoms. The van der Waals surface area contributed by atoms with E-state index in [1.54, 1.807) is 37.4 Å². The lowest BCUT2D eigenvalue weighted by molar-refractivity contribution is 0.415. The number of fused-ring (bicyclic) bond motifs is 1. The zero-order chi connectivity index (χ0) is 16.4. The summed E-state index contributed by atoms with van der Waals surface area (Å²) in [7, 11) is -2.32. The topological polar surface area (TPSA) is 92.1 Å². The van der Waals surface area contributed by atoms with Crippen molar-refractivity contribution in [1.82, 2.24) is 4.98 Å². The fraction of sp³-hybridized carbons (Fsp3) is 0.0667. The molecule has 1 heterocycles. The van der Waals surface area contributed by atoms with E-state index in [-0.39, 0.29) is 15.6 Å². The van der Waals surface area contributed by atoms with Gasteiger partial charge in [0.25, 0.3) is 10.0 Å². The van der Waals surface area contributed by atoms with E-state index in [0.29, 0.717) is 11.3 Å². The number of hydrogen-bond acceptors (Lipinski definition) is 6. The number of hydrogen-bond donors (Lipinski definition) is 1. The van der Waals surface area contributed by atoms with Gasteiger partial charge in [0.2, 0.25) is 0 Å². The van der Waals surface area contributed by atoms with E-state index in [1.165, 1.54) is 23.5 Å². The third-order valence-electron chi connectivity index (χ3n) is 3.11. The molecule has 2 aromatic carbocycles. The Bertz CT molecular complexity index is 1020. The van der Waals surface area contributed by atoms with Crippen LogP contribution < -0.4 is 9.46 Å². The molecule has 0 amide bonds. The van der Waals surface area contributed by atoms with Gasteiger partial charge in [-0.05, 0) is 30.3 Å². The number of ether oxygens (including phenoxy) is 1. The molecule has 1 N–H and O–H groups in total. The predicted molar refractivity (Wildman–Crippen MR) is 88.1 cm³/mol. The Labute approximate surface area is 137 Å². The minimum absolute atomic E-state index is 0.0701. The molecule has 0 aliphatic heterocycles. The Kier molecular flexibility index (Phi) is 3.90. The van der Waals surface area contributed by atoms with Gasteiger partial charge in [-0.25, -0.2) is 13.4 Å². The van der Waals surface area contributed by atoms with Gasteiger partial charge in [-0.1, -0.05) is 23.5 Å². The molecule has 0 radical (unpaired) electrons. The average molecular weight is 345 g/mol. The highest BCUT2D eigenvalue weighted by molar-refractivity contribution is 7.93. The molecule has 116 valence electrons. The van der Waals surface area contributed by atoms with Crippen LogP contribution in [0.3, 0.4) is 0 Å². The number of thiazole rings is 1. The normalized spacial score (nSPS) is 11.1. The van der Waals surface area contributed by atoms with Crippen molar-refractivity contribution in [2.75, 3.05) is 11.8 Å². The number of aromatic nitrogens is 1. The van der Waals surface area contributed by atoms with Crippen LogP contribution >= 0.6 is 11.3 Å². The molecule has 1 aromatic heterocycles. The summed E-state index contributed by atoms with van der Waals surface area (Å²) < 4.78 is 33.3. The highest BCUT2D eigenvalue weighted by Crippen LogP contribution is 2.30. The van der Waals surface area contributed by atoms with Gasteiger partial charge in [0.1, 0.15) is 16.7 Å². The van der Waals surface area contributed by atoms with Crippen molar-refractivity contribution >= 4 is 36.7 Å². The van der Waals surface area contributed by atoms with Crippen LogP contribution in [0, 0.1) is 11.3 Å². The van der Waals surface area contributed by atoms with Crippen molar-refractivity contribution in [2.45, 2.75) is 4.90 Å². The average Bonchev–Trinajstić information content (AvgIpc) is 2.95. The molecule has 0 aliphatic rings. The zero-order valence-electron chi connectivity index (χ0n) is 12.0. The van der Waals surface area contributed by atoms with Gasteiger partial charge in [0, 0.05) is 0 Å². The van der Waals surface area contributed by atoms with Gasteiger partial charge in [0.05, 0.1) is 22.9 Å². The molecular formula is C15H11N3O3S2. The molecule has 6 nitrogen and oxygen atoms in total. The van der Waals surface area contributed by atoms with Gasteiger partial charge >= 0.3 is 0 Å². The molecule has 0 spiro atoms. The van der Waals surface area contributed by atoms with Crippen molar-refractivity contribution in [3.05, 3.63) is 48.0 Å². The maximum absolute atomic E-state index is 12.5. The van der Waals surface area contributed by atoms with Crippen LogP contribution in [0.4, 0.5) is 5.13 Å². The Morgan fingerprint density at radius 3 is 2.78 bits per heavy atom. The fourth-order valence-corrected chi connectivity index (χ4v) is 4.33. The number of methoxy groups -OCH3 is 1. The lowest BCUT2D eigenvalue weighted by Gasteiger charge is -2.06. The molecule has 0 unspecified atom stereocenters. The lowest BCUT2D eigenvalue weighted by Crippen LogP contribution is -2.14. The lowest BCUT2D eigenvalue weighted by atomic mass is 10.2. The molecule has 0 fully saturated rings.